The summed E-state index contributed by atoms with van der Waals surface area (Å²) in [6.45, 7) is 6.59. The van der Waals surface area contributed by atoms with Gasteiger partial charge in [-0.1, -0.05) is 54.1 Å². The van der Waals surface area contributed by atoms with Crippen molar-refractivity contribution in [2.45, 2.75) is 32.6 Å². The molecule has 1 heterocycles. The second-order valence-electron chi connectivity index (χ2n) is 7.02. The Hall–Kier alpha value is -1.88. The van der Waals surface area contributed by atoms with Gasteiger partial charge in [0.15, 0.2) is 0 Å². The summed E-state index contributed by atoms with van der Waals surface area (Å²) in [5.74, 6) is 0.0827. The van der Waals surface area contributed by atoms with Gasteiger partial charge in [0.25, 0.3) is 5.91 Å². The van der Waals surface area contributed by atoms with E-state index >= 15 is 0 Å². The number of amides is 1. The summed E-state index contributed by atoms with van der Waals surface area (Å²) in [5.41, 5.74) is 2.33. The summed E-state index contributed by atoms with van der Waals surface area (Å²) in [6, 6.07) is 17.9. The molecule has 1 saturated heterocycles. The van der Waals surface area contributed by atoms with E-state index in [4.69, 9.17) is 16.3 Å². The maximum absolute atomic E-state index is 12.7. The Kier molecular flexibility index (Phi) is 7.27. The molecule has 0 saturated carbocycles. The zero-order valence-corrected chi connectivity index (χ0v) is 16.6. The summed E-state index contributed by atoms with van der Waals surface area (Å²) in [6.07, 6.45) is 0.554. The van der Waals surface area contributed by atoms with Crippen LogP contribution in [0.4, 0.5) is 0 Å². The molecule has 3 rings (SSSR count). The Balaban J connectivity index is 1.47. The Bertz CT molecular complexity index is 721. The van der Waals surface area contributed by atoms with Crippen LogP contribution in [0.5, 0.6) is 0 Å². The molecule has 5 heteroatoms. The third-order valence-corrected chi connectivity index (χ3v) is 5.16. The lowest BCUT2D eigenvalue weighted by molar-refractivity contribution is -0.143. The fourth-order valence-corrected chi connectivity index (χ4v) is 3.45. The lowest BCUT2D eigenvalue weighted by Crippen LogP contribution is -2.41. The minimum absolute atomic E-state index is 0.0827. The lowest BCUT2D eigenvalue weighted by Gasteiger charge is -2.25. The van der Waals surface area contributed by atoms with Crippen molar-refractivity contribution in [2.75, 3.05) is 26.2 Å². The fourth-order valence-electron chi connectivity index (χ4n) is 3.32. The maximum atomic E-state index is 12.7. The molecule has 0 radical (unpaired) electrons. The van der Waals surface area contributed by atoms with E-state index in [1.54, 1.807) is 0 Å². The van der Waals surface area contributed by atoms with Gasteiger partial charge in [-0.3, -0.25) is 9.69 Å². The molecular formula is C22H27ClN2O2. The highest BCUT2D eigenvalue weighted by atomic mass is 35.5. The van der Waals surface area contributed by atoms with Gasteiger partial charge in [-0.25, -0.2) is 0 Å². The largest absolute Gasteiger partial charge is 0.364 e. The predicted octanol–water partition coefficient (Wildman–Crippen LogP) is 3.98. The van der Waals surface area contributed by atoms with Crippen LogP contribution >= 0.6 is 11.6 Å². The van der Waals surface area contributed by atoms with E-state index in [9.17, 15) is 4.79 Å². The lowest BCUT2D eigenvalue weighted by atomic mass is 10.2. The van der Waals surface area contributed by atoms with Crippen molar-refractivity contribution in [3.8, 4) is 0 Å². The minimum Gasteiger partial charge on any atom is -0.364 e. The number of hydrogen-bond acceptors (Lipinski definition) is 3. The number of halogens is 1. The van der Waals surface area contributed by atoms with Gasteiger partial charge in [-0.15, -0.1) is 0 Å². The molecule has 1 atom stereocenters. The van der Waals surface area contributed by atoms with Gasteiger partial charge in [-0.05, 0) is 36.6 Å². The molecule has 1 unspecified atom stereocenters. The molecule has 0 spiro atoms. The Morgan fingerprint density at radius 3 is 2.48 bits per heavy atom. The topological polar surface area (TPSA) is 32.8 Å². The quantitative estimate of drug-likeness (QED) is 0.752. The van der Waals surface area contributed by atoms with Crippen LogP contribution in [0.25, 0.3) is 0 Å². The first kappa shape index (κ1) is 19.9. The van der Waals surface area contributed by atoms with Crippen LogP contribution in [0.3, 0.4) is 0 Å². The summed E-state index contributed by atoms with van der Waals surface area (Å²) < 4.78 is 5.80. The summed E-state index contributed by atoms with van der Waals surface area (Å²) in [4.78, 5) is 17.1. The first-order valence-corrected chi connectivity index (χ1v) is 9.91. The van der Waals surface area contributed by atoms with Gasteiger partial charge in [0.1, 0.15) is 6.10 Å². The molecule has 27 heavy (non-hydrogen) atoms. The highest BCUT2D eigenvalue weighted by molar-refractivity contribution is 6.30. The normalized spacial score (nSPS) is 16.7. The average molecular weight is 387 g/mol. The monoisotopic (exact) mass is 386 g/mol. The molecule has 1 aliphatic rings. The summed E-state index contributed by atoms with van der Waals surface area (Å²) in [7, 11) is 0. The smallest absolute Gasteiger partial charge is 0.251 e. The zero-order chi connectivity index (χ0) is 19.1. The van der Waals surface area contributed by atoms with Crippen molar-refractivity contribution in [2.24, 2.45) is 0 Å². The van der Waals surface area contributed by atoms with E-state index in [1.807, 2.05) is 54.3 Å². The highest BCUT2D eigenvalue weighted by Gasteiger charge is 2.24. The van der Waals surface area contributed by atoms with E-state index in [0.29, 0.717) is 6.61 Å². The maximum Gasteiger partial charge on any atom is 0.251 e. The summed E-state index contributed by atoms with van der Waals surface area (Å²) >= 11 is 5.96. The molecule has 0 N–H and O–H groups in total. The van der Waals surface area contributed by atoms with Crippen molar-refractivity contribution < 1.29 is 9.53 Å². The number of hydrogen-bond donors (Lipinski definition) is 0. The molecule has 0 aromatic heterocycles. The standard InChI is InChI=1S/C22H27ClN2O2/c1-18(27-17-20-6-3-2-4-7-20)22(26)25-13-5-12-24(14-15-25)16-19-8-10-21(23)11-9-19/h2-4,6-11,18H,5,12-17H2,1H3. The predicted molar refractivity (Wildman–Crippen MR) is 109 cm³/mol. The molecule has 1 aliphatic heterocycles. The third-order valence-electron chi connectivity index (χ3n) is 4.91. The van der Waals surface area contributed by atoms with Gasteiger partial charge in [0.05, 0.1) is 6.61 Å². The minimum atomic E-state index is -0.423. The van der Waals surface area contributed by atoms with Crippen molar-refractivity contribution >= 4 is 17.5 Å². The number of rotatable bonds is 6. The number of carbonyl (C=O) groups excluding carboxylic acids is 1. The van der Waals surface area contributed by atoms with Crippen molar-refractivity contribution in [1.29, 1.82) is 0 Å². The number of carbonyl (C=O) groups is 1. The van der Waals surface area contributed by atoms with Crippen LogP contribution in [0.1, 0.15) is 24.5 Å². The van der Waals surface area contributed by atoms with Gasteiger partial charge in [0, 0.05) is 37.7 Å². The molecule has 2 aromatic rings. The zero-order valence-electron chi connectivity index (χ0n) is 15.8. The number of ether oxygens (including phenoxy) is 1. The van der Waals surface area contributed by atoms with Crippen molar-refractivity contribution in [3.05, 3.63) is 70.7 Å². The van der Waals surface area contributed by atoms with E-state index in [0.717, 1.165) is 49.7 Å². The fraction of sp³-hybridized carbons (Fsp3) is 0.409. The van der Waals surface area contributed by atoms with Gasteiger partial charge < -0.3 is 9.64 Å². The van der Waals surface area contributed by atoms with Crippen LogP contribution in [0.15, 0.2) is 54.6 Å². The molecular weight excluding hydrogens is 360 g/mol. The van der Waals surface area contributed by atoms with Gasteiger partial charge >= 0.3 is 0 Å². The number of nitrogens with zero attached hydrogens (tertiary/aromatic N) is 2. The van der Waals surface area contributed by atoms with E-state index in [2.05, 4.69) is 17.0 Å². The first-order chi connectivity index (χ1) is 13.1. The second-order valence-corrected chi connectivity index (χ2v) is 7.46. The number of benzene rings is 2. The Labute approximate surface area is 166 Å². The van der Waals surface area contributed by atoms with Gasteiger partial charge in [0.2, 0.25) is 0 Å². The molecule has 1 amide bonds. The van der Waals surface area contributed by atoms with E-state index in [-0.39, 0.29) is 5.91 Å². The van der Waals surface area contributed by atoms with E-state index in [1.165, 1.54) is 5.56 Å². The van der Waals surface area contributed by atoms with Crippen LogP contribution in [0, 0.1) is 0 Å². The summed E-state index contributed by atoms with van der Waals surface area (Å²) in [5, 5.41) is 0.760. The molecule has 0 aliphatic carbocycles. The molecule has 2 aromatic carbocycles. The van der Waals surface area contributed by atoms with Crippen LogP contribution in [-0.4, -0.2) is 48.0 Å². The molecule has 1 fully saturated rings. The van der Waals surface area contributed by atoms with Crippen molar-refractivity contribution in [1.82, 2.24) is 9.80 Å². The third kappa shape index (κ3) is 6.06. The van der Waals surface area contributed by atoms with Crippen LogP contribution < -0.4 is 0 Å². The van der Waals surface area contributed by atoms with Gasteiger partial charge in [-0.2, -0.15) is 0 Å². The molecule has 0 bridgehead atoms. The molecule has 144 valence electrons. The highest BCUT2D eigenvalue weighted by Crippen LogP contribution is 2.14. The van der Waals surface area contributed by atoms with Crippen LogP contribution in [0.2, 0.25) is 5.02 Å². The second kappa shape index (κ2) is 9.88. The first-order valence-electron chi connectivity index (χ1n) is 9.53. The Morgan fingerprint density at radius 2 is 1.74 bits per heavy atom. The Morgan fingerprint density at radius 1 is 1.00 bits per heavy atom. The van der Waals surface area contributed by atoms with Crippen molar-refractivity contribution in [3.63, 3.8) is 0 Å². The van der Waals surface area contributed by atoms with E-state index < -0.39 is 6.10 Å². The SMILES string of the molecule is CC(OCc1ccccc1)C(=O)N1CCCN(Cc2ccc(Cl)cc2)CC1. The van der Waals surface area contributed by atoms with Crippen LogP contribution in [-0.2, 0) is 22.7 Å². The molecule has 4 nitrogen and oxygen atoms in total. The average Bonchev–Trinajstić information content (AvgIpc) is 2.93.